The molecule has 14 heteroatoms. The van der Waals surface area contributed by atoms with E-state index in [1.54, 1.807) is 0 Å². The molecular weight excluding hydrogens is 595 g/mol. The van der Waals surface area contributed by atoms with Crippen LogP contribution in [0.2, 0.25) is 5.02 Å². The van der Waals surface area contributed by atoms with Crippen LogP contribution in [0, 0.1) is 5.82 Å². The molecule has 4 aliphatic rings. The molecule has 2 unspecified atom stereocenters. The Morgan fingerprint density at radius 2 is 1.98 bits per heavy atom. The molecule has 2 aromatic heterocycles. The molecule has 0 spiro atoms. The lowest BCUT2D eigenvalue weighted by molar-refractivity contribution is -0.137. The van der Waals surface area contributed by atoms with E-state index in [-0.39, 0.29) is 41.1 Å². The molecule has 1 aromatic carbocycles. The summed E-state index contributed by atoms with van der Waals surface area (Å²) in [6.07, 6.45) is -1.98. The third-order valence-corrected chi connectivity index (χ3v) is 9.79. The number of hydrogen-bond donors (Lipinski definition) is 1. The Labute approximate surface area is 249 Å². The van der Waals surface area contributed by atoms with E-state index in [1.807, 2.05) is 18.9 Å². The molecule has 3 fully saturated rings. The van der Waals surface area contributed by atoms with E-state index < -0.39 is 51.1 Å². The minimum absolute atomic E-state index is 0.00226. The van der Waals surface area contributed by atoms with Gasteiger partial charge in [-0.25, -0.2) is 13.8 Å². The summed E-state index contributed by atoms with van der Waals surface area (Å²) in [5.74, 6) is -0.926. The van der Waals surface area contributed by atoms with E-state index in [0.717, 1.165) is 37.9 Å². The van der Waals surface area contributed by atoms with Crippen molar-refractivity contribution in [3.63, 3.8) is 0 Å². The highest BCUT2D eigenvalue weighted by molar-refractivity contribution is 6.32. The predicted molar refractivity (Wildman–Crippen MR) is 151 cm³/mol. The molecule has 1 saturated carbocycles. The van der Waals surface area contributed by atoms with Gasteiger partial charge in [-0.15, -0.1) is 0 Å². The van der Waals surface area contributed by atoms with Gasteiger partial charge in [-0.05, 0) is 51.3 Å². The number of halogens is 6. The third-order valence-electron chi connectivity index (χ3n) is 9.49. The predicted octanol–water partition coefficient (Wildman–Crippen LogP) is 6.18. The monoisotopic (exact) mass is 624 g/mol. The SMILES string of the molecule is CN1c2nc(OC[C@@]34CCCN3C[C@H](F)C4)nc3c(F)c(-c4cc(N)cc(Cl)c4C(F)(F)F)nc(c23)OC2(C)CCC1C2. The van der Waals surface area contributed by atoms with Gasteiger partial charge in [0.1, 0.15) is 40.8 Å². The molecule has 2 saturated heterocycles. The first-order valence-corrected chi connectivity index (χ1v) is 14.7. The number of fused-ring (bicyclic) bond motifs is 3. The van der Waals surface area contributed by atoms with Crippen LogP contribution in [0.15, 0.2) is 12.1 Å². The molecule has 0 radical (unpaired) electrons. The lowest BCUT2D eigenvalue weighted by Gasteiger charge is -2.34. The summed E-state index contributed by atoms with van der Waals surface area (Å²) >= 11 is 6.01. The summed E-state index contributed by atoms with van der Waals surface area (Å²) in [6.45, 7) is 3.07. The second-order valence-corrected chi connectivity index (χ2v) is 12.9. The van der Waals surface area contributed by atoms with Crippen molar-refractivity contribution in [3.05, 3.63) is 28.5 Å². The van der Waals surface area contributed by atoms with Gasteiger partial charge in [-0.1, -0.05) is 11.6 Å². The van der Waals surface area contributed by atoms with Crippen LogP contribution in [-0.2, 0) is 6.18 Å². The van der Waals surface area contributed by atoms with Crippen molar-refractivity contribution in [1.82, 2.24) is 19.9 Å². The van der Waals surface area contributed by atoms with Crippen LogP contribution in [-0.4, -0.2) is 69.9 Å². The fraction of sp³-hybridized carbons (Fsp3) is 0.552. The Morgan fingerprint density at radius 1 is 1.19 bits per heavy atom. The fourth-order valence-corrected chi connectivity index (χ4v) is 7.76. The zero-order valence-corrected chi connectivity index (χ0v) is 24.3. The summed E-state index contributed by atoms with van der Waals surface area (Å²) in [5, 5.41) is -0.559. The van der Waals surface area contributed by atoms with Gasteiger partial charge in [0.25, 0.3) is 0 Å². The quantitative estimate of drug-likeness (QED) is 0.272. The third kappa shape index (κ3) is 4.61. The van der Waals surface area contributed by atoms with E-state index in [4.69, 9.17) is 26.8 Å². The topological polar surface area (TPSA) is 89.6 Å². The lowest BCUT2D eigenvalue weighted by Crippen LogP contribution is -2.43. The number of aromatic nitrogens is 3. The van der Waals surface area contributed by atoms with Gasteiger partial charge in [-0.3, -0.25) is 4.90 Å². The average molecular weight is 625 g/mol. The largest absolute Gasteiger partial charge is 0.471 e. The molecule has 230 valence electrons. The molecule has 7 rings (SSSR count). The number of benzene rings is 1. The summed E-state index contributed by atoms with van der Waals surface area (Å²) in [6, 6.07) is 1.78. The van der Waals surface area contributed by atoms with Crippen LogP contribution >= 0.6 is 11.6 Å². The first-order valence-electron chi connectivity index (χ1n) is 14.3. The van der Waals surface area contributed by atoms with Crippen molar-refractivity contribution in [2.75, 3.05) is 37.4 Å². The molecule has 3 aromatic rings. The summed E-state index contributed by atoms with van der Waals surface area (Å²) in [5.41, 5.74) is 1.69. The van der Waals surface area contributed by atoms with E-state index in [1.165, 1.54) is 0 Å². The van der Waals surface area contributed by atoms with Crippen molar-refractivity contribution in [3.8, 4) is 23.1 Å². The first-order chi connectivity index (χ1) is 20.3. The van der Waals surface area contributed by atoms with Gasteiger partial charge < -0.3 is 20.1 Å². The van der Waals surface area contributed by atoms with Crippen LogP contribution in [0.25, 0.3) is 22.2 Å². The number of nitrogen functional groups attached to an aromatic ring is 1. The Morgan fingerprint density at radius 3 is 2.74 bits per heavy atom. The standard InChI is InChI=1S/C29H30ClF5N6O2/c1-27-6-4-16(11-27)40(2)24-19-23(38-26(39-24)42-13-28-5-3-7-41(28)12-14(31)10-28)21(32)22(37-25(19)43-27)17-8-15(36)9-18(30)20(17)29(33,34)35/h8-9,14,16H,3-7,10-13,36H2,1-2H3/t14-,16?,27?,28+/m1/s1. The van der Waals surface area contributed by atoms with E-state index in [2.05, 4.69) is 19.9 Å². The first kappa shape index (κ1) is 28.6. The molecule has 2 N–H and O–H groups in total. The van der Waals surface area contributed by atoms with Crippen molar-refractivity contribution in [2.24, 2.45) is 0 Å². The molecule has 4 atom stereocenters. The molecule has 0 amide bonds. The zero-order chi connectivity index (χ0) is 30.5. The number of rotatable bonds is 4. The van der Waals surface area contributed by atoms with Gasteiger partial charge in [0, 0.05) is 43.7 Å². The highest BCUT2D eigenvalue weighted by Gasteiger charge is 2.50. The van der Waals surface area contributed by atoms with E-state index in [0.29, 0.717) is 31.6 Å². The number of anilines is 2. The number of nitrogens with two attached hydrogens (primary N) is 1. The van der Waals surface area contributed by atoms with Gasteiger partial charge >= 0.3 is 12.2 Å². The molecule has 5 heterocycles. The minimum atomic E-state index is -4.94. The smallest absolute Gasteiger partial charge is 0.418 e. The van der Waals surface area contributed by atoms with Gasteiger partial charge in [0.2, 0.25) is 5.88 Å². The number of ether oxygens (including phenoxy) is 2. The molecule has 2 bridgehead atoms. The highest BCUT2D eigenvalue weighted by atomic mass is 35.5. The molecule has 1 aliphatic carbocycles. The second kappa shape index (κ2) is 9.65. The molecular formula is C29H30ClF5N6O2. The van der Waals surface area contributed by atoms with Crippen LogP contribution < -0.4 is 20.1 Å². The number of pyridine rings is 1. The van der Waals surface area contributed by atoms with Crippen LogP contribution in [0.1, 0.15) is 51.0 Å². The Balaban J connectivity index is 1.43. The number of hydrogen-bond acceptors (Lipinski definition) is 8. The Bertz CT molecular complexity index is 1640. The minimum Gasteiger partial charge on any atom is -0.471 e. The number of nitrogens with zero attached hydrogens (tertiary/aromatic N) is 5. The maximum atomic E-state index is 16.6. The van der Waals surface area contributed by atoms with E-state index in [9.17, 15) is 17.6 Å². The highest BCUT2D eigenvalue weighted by Crippen LogP contribution is 2.49. The zero-order valence-electron chi connectivity index (χ0n) is 23.6. The average Bonchev–Trinajstić information content (AvgIpc) is 3.58. The van der Waals surface area contributed by atoms with Crippen molar-refractivity contribution >= 4 is 34.0 Å². The maximum Gasteiger partial charge on any atom is 0.418 e. The fourth-order valence-electron chi connectivity index (χ4n) is 7.43. The van der Waals surface area contributed by atoms with Crippen molar-refractivity contribution in [1.29, 1.82) is 0 Å². The Hall–Kier alpha value is -3.19. The summed E-state index contributed by atoms with van der Waals surface area (Å²) in [4.78, 5) is 17.3. The second-order valence-electron chi connectivity index (χ2n) is 12.5. The van der Waals surface area contributed by atoms with Gasteiger partial charge in [-0.2, -0.15) is 23.1 Å². The van der Waals surface area contributed by atoms with Crippen LogP contribution in [0.3, 0.4) is 0 Å². The number of alkyl halides is 4. The van der Waals surface area contributed by atoms with Crippen LogP contribution in [0.5, 0.6) is 11.9 Å². The summed E-state index contributed by atoms with van der Waals surface area (Å²) < 4.78 is 86.1. The molecule has 43 heavy (non-hydrogen) atoms. The summed E-state index contributed by atoms with van der Waals surface area (Å²) in [7, 11) is 1.82. The molecule has 3 aliphatic heterocycles. The van der Waals surface area contributed by atoms with Crippen LogP contribution in [0.4, 0.5) is 33.5 Å². The maximum absolute atomic E-state index is 16.6. The van der Waals surface area contributed by atoms with Crippen molar-refractivity contribution in [2.45, 2.75) is 75.0 Å². The van der Waals surface area contributed by atoms with E-state index >= 15 is 4.39 Å². The molecule has 8 nitrogen and oxygen atoms in total. The van der Waals surface area contributed by atoms with Gasteiger partial charge in [0.05, 0.1) is 16.1 Å². The normalized spacial score (nSPS) is 28.6. The van der Waals surface area contributed by atoms with Gasteiger partial charge in [0.15, 0.2) is 5.82 Å². The lowest BCUT2D eigenvalue weighted by atomic mass is 9.95. The Kier molecular flexibility index (Phi) is 6.41. The van der Waals surface area contributed by atoms with Crippen molar-refractivity contribution < 1.29 is 31.4 Å².